The van der Waals surface area contributed by atoms with Crippen LogP contribution in [0.4, 0.5) is 0 Å². The van der Waals surface area contributed by atoms with Crippen LogP contribution < -0.4 is 4.72 Å². The zero-order valence-electron chi connectivity index (χ0n) is 9.04. The molecule has 0 spiro atoms. The van der Waals surface area contributed by atoms with Crippen molar-refractivity contribution in [3.63, 3.8) is 0 Å². The van der Waals surface area contributed by atoms with Crippen LogP contribution in [0.3, 0.4) is 0 Å². The Morgan fingerprint density at radius 1 is 1.59 bits per heavy atom. The second-order valence-corrected chi connectivity index (χ2v) is 9.84. The molecule has 0 saturated carbocycles. The fraction of sp³-hybridized carbons (Fsp3) is 0.556. The average molecular weight is 426 g/mol. The standard InChI is InChI=1S/C9H12Br2ClNO2S2/c1-6(10)3-2-4-13-17(14,15)8-5-7(12)9(11)16-8/h5-6,13H,2-4H2,1H3. The van der Waals surface area contributed by atoms with E-state index in [1.54, 1.807) is 0 Å². The summed E-state index contributed by atoms with van der Waals surface area (Å²) in [6.07, 6.45) is 1.73. The van der Waals surface area contributed by atoms with Gasteiger partial charge in [0.15, 0.2) is 0 Å². The lowest BCUT2D eigenvalue weighted by Crippen LogP contribution is -2.24. The summed E-state index contributed by atoms with van der Waals surface area (Å²) in [7, 11) is -3.42. The molecule has 8 heteroatoms. The van der Waals surface area contributed by atoms with Gasteiger partial charge in [-0.25, -0.2) is 13.1 Å². The Kier molecular flexibility index (Phi) is 6.42. The topological polar surface area (TPSA) is 46.2 Å². The normalized spacial score (nSPS) is 13.9. The van der Waals surface area contributed by atoms with Gasteiger partial charge in [-0.05, 0) is 34.8 Å². The van der Waals surface area contributed by atoms with Crippen molar-refractivity contribution in [1.29, 1.82) is 0 Å². The average Bonchev–Trinajstić information content (AvgIpc) is 2.55. The van der Waals surface area contributed by atoms with E-state index in [9.17, 15) is 8.42 Å². The quantitative estimate of drug-likeness (QED) is 0.553. The van der Waals surface area contributed by atoms with Gasteiger partial charge < -0.3 is 0 Å². The van der Waals surface area contributed by atoms with Gasteiger partial charge in [-0.3, -0.25) is 0 Å². The lowest BCUT2D eigenvalue weighted by Gasteiger charge is -2.05. The van der Waals surface area contributed by atoms with Crippen molar-refractivity contribution < 1.29 is 8.42 Å². The predicted molar refractivity (Wildman–Crippen MR) is 79.8 cm³/mol. The maximum absolute atomic E-state index is 11.9. The molecule has 3 nitrogen and oxygen atoms in total. The van der Waals surface area contributed by atoms with Gasteiger partial charge in [-0.1, -0.05) is 34.5 Å². The molecule has 98 valence electrons. The van der Waals surface area contributed by atoms with Crippen LogP contribution in [0.2, 0.25) is 5.02 Å². The van der Waals surface area contributed by atoms with Crippen molar-refractivity contribution in [2.45, 2.75) is 28.8 Å². The van der Waals surface area contributed by atoms with Crippen molar-refractivity contribution in [3.8, 4) is 0 Å². The van der Waals surface area contributed by atoms with Gasteiger partial charge in [-0.15, -0.1) is 11.3 Å². The molecule has 0 aliphatic carbocycles. The van der Waals surface area contributed by atoms with Gasteiger partial charge in [-0.2, -0.15) is 0 Å². The van der Waals surface area contributed by atoms with Crippen molar-refractivity contribution in [2.75, 3.05) is 6.54 Å². The van der Waals surface area contributed by atoms with Crippen LogP contribution in [0, 0.1) is 0 Å². The highest BCUT2D eigenvalue weighted by Gasteiger charge is 2.18. The lowest BCUT2D eigenvalue weighted by molar-refractivity contribution is 0.579. The van der Waals surface area contributed by atoms with E-state index in [1.165, 1.54) is 6.07 Å². The van der Waals surface area contributed by atoms with E-state index in [0.717, 1.165) is 24.2 Å². The molecule has 0 aromatic carbocycles. The molecule has 0 bridgehead atoms. The number of halogens is 3. The van der Waals surface area contributed by atoms with Crippen LogP contribution >= 0.6 is 54.8 Å². The third-order valence-corrected chi connectivity index (χ3v) is 6.83. The highest BCUT2D eigenvalue weighted by molar-refractivity contribution is 9.11. The van der Waals surface area contributed by atoms with E-state index in [1.807, 2.05) is 6.92 Å². The van der Waals surface area contributed by atoms with E-state index >= 15 is 0 Å². The first-order valence-electron chi connectivity index (χ1n) is 4.91. The molecule has 1 unspecified atom stereocenters. The van der Waals surface area contributed by atoms with Gasteiger partial charge in [0.05, 0.1) is 8.81 Å². The number of hydrogen-bond donors (Lipinski definition) is 1. The fourth-order valence-electron chi connectivity index (χ4n) is 1.12. The van der Waals surface area contributed by atoms with Gasteiger partial charge in [0, 0.05) is 11.4 Å². The molecular formula is C9H12Br2ClNO2S2. The SMILES string of the molecule is CC(Br)CCCNS(=O)(=O)c1cc(Cl)c(Br)s1. The van der Waals surface area contributed by atoms with E-state index in [2.05, 4.69) is 36.6 Å². The van der Waals surface area contributed by atoms with Crippen molar-refractivity contribution in [1.82, 2.24) is 4.72 Å². The van der Waals surface area contributed by atoms with Crippen molar-refractivity contribution in [3.05, 3.63) is 14.9 Å². The molecule has 1 aromatic rings. The number of thiophene rings is 1. The van der Waals surface area contributed by atoms with E-state index in [0.29, 0.717) is 20.2 Å². The Labute approximate surface area is 127 Å². The Morgan fingerprint density at radius 2 is 2.24 bits per heavy atom. The zero-order valence-corrected chi connectivity index (χ0v) is 14.6. The summed E-state index contributed by atoms with van der Waals surface area (Å²) in [6, 6.07) is 1.45. The number of rotatable bonds is 6. The summed E-state index contributed by atoms with van der Waals surface area (Å²) >= 11 is 13.5. The largest absolute Gasteiger partial charge is 0.250 e. The van der Waals surface area contributed by atoms with Gasteiger partial charge in [0.2, 0.25) is 10.0 Å². The van der Waals surface area contributed by atoms with E-state index in [4.69, 9.17) is 11.6 Å². The molecule has 1 N–H and O–H groups in total. The molecule has 0 fully saturated rings. The minimum Gasteiger partial charge on any atom is -0.210 e. The molecule has 17 heavy (non-hydrogen) atoms. The van der Waals surface area contributed by atoms with Crippen molar-refractivity contribution in [2.24, 2.45) is 0 Å². The Balaban J connectivity index is 2.57. The molecule has 0 aliphatic rings. The third kappa shape index (κ3) is 5.16. The Hall–Kier alpha value is 0.860. The summed E-state index contributed by atoms with van der Waals surface area (Å²) in [4.78, 5) is 0.400. The third-order valence-electron chi connectivity index (χ3n) is 1.96. The summed E-state index contributed by atoms with van der Waals surface area (Å²) in [5.41, 5.74) is 0. The first-order valence-corrected chi connectivity index (χ1v) is 9.30. The van der Waals surface area contributed by atoms with E-state index in [-0.39, 0.29) is 4.21 Å². The predicted octanol–water partition coefficient (Wildman–Crippen LogP) is 4.01. The van der Waals surface area contributed by atoms with Gasteiger partial charge in [0.25, 0.3) is 0 Å². The molecule has 0 saturated heterocycles. The number of sulfonamides is 1. The van der Waals surface area contributed by atoms with Crippen LogP contribution in [-0.4, -0.2) is 19.8 Å². The molecule has 0 radical (unpaired) electrons. The maximum Gasteiger partial charge on any atom is 0.250 e. The number of hydrogen-bond acceptors (Lipinski definition) is 3. The summed E-state index contributed by atoms with van der Waals surface area (Å²) in [6.45, 7) is 2.47. The lowest BCUT2D eigenvalue weighted by atomic mass is 10.2. The minimum absolute atomic E-state index is 0.237. The highest BCUT2D eigenvalue weighted by atomic mass is 79.9. The number of nitrogens with one attached hydrogen (secondary N) is 1. The van der Waals surface area contributed by atoms with Crippen LogP contribution in [0.5, 0.6) is 0 Å². The molecule has 1 aromatic heterocycles. The van der Waals surface area contributed by atoms with Gasteiger partial charge >= 0.3 is 0 Å². The van der Waals surface area contributed by atoms with Crippen LogP contribution in [-0.2, 0) is 10.0 Å². The second kappa shape index (κ2) is 6.86. The first kappa shape index (κ1) is 15.9. The highest BCUT2D eigenvalue weighted by Crippen LogP contribution is 2.34. The molecule has 1 heterocycles. The van der Waals surface area contributed by atoms with Crippen LogP contribution in [0.15, 0.2) is 14.1 Å². The van der Waals surface area contributed by atoms with Crippen LogP contribution in [0.25, 0.3) is 0 Å². The molecule has 1 atom stereocenters. The Bertz CT molecular complexity index is 454. The maximum atomic E-state index is 11.9. The van der Waals surface area contributed by atoms with Crippen LogP contribution in [0.1, 0.15) is 19.8 Å². The zero-order chi connectivity index (χ0) is 13.1. The van der Waals surface area contributed by atoms with Crippen molar-refractivity contribution >= 4 is 64.8 Å². The summed E-state index contributed by atoms with van der Waals surface area (Å²) < 4.78 is 27.1. The summed E-state index contributed by atoms with van der Waals surface area (Å²) in [5.74, 6) is 0. The smallest absolute Gasteiger partial charge is 0.210 e. The first-order chi connectivity index (χ1) is 7.83. The summed E-state index contributed by atoms with van der Waals surface area (Å²) in [5, 5.41) is 0.421. The molecule has 0 aliphatic heterocycles. The molecule has 1 rings (SSSR count). The fourth-order valence-corrected chi connectivity index (χ4v) is 4.96. The molecule has 0 amide bonds. The Morgan fingerprint density at radius 3 is 2.71 bits per heavy atom. The number of alkyl halides is 1. The second-order valence-electron chi connectivity index (χ2n) is 3.51. The van der Waals surface area contributed by atoms with Gasteiger partial charge in [0.1, 0.15) is 4.21 Å². The van der Waals surface area contributed by atoms with E-state index < -0.39 is 10.0 Å². The molecular weight excluding hydrogens is 413 g/mol. The monoisotopic (exact) mass is 423 g/mol. The minimum atomic E-state index is -3.42.